The van der Waals surface area contributed by atoms with Crippen molar-refractivity contribution in [2.24, 2.45) is 0 Å². The molecule has 6 heteroatoms. The molecule has 2 rings (SSSR count). The van der Waals surface area contributed by atoms with Crippen LogP contribution in [0.15, 0.2) is 43.7 Å². The van der Waals surface area contributed by atoms with Gasteiger partial charge in [-0.1, -0.05) is 47.8 Å². The topological polar surface area (TPSA) is 18.5 Å². The Labute approximate surface area is 154 Å². The van der Waals surface area contributed by atoms with E-state index in [-0.39, 0.29) is 5.38 Å². The fourth-order valence-electron chi connectivity index (χ4n) is 1.97. The third-order valence-electron chi connectivity index (χ3n) is 2.95. The van der Waals surface area contributed by atoms with Gasteiger partial charge in [-0.05, 0) is 41.5 Å². The molecular weight excluding hydrogens is 487 g/mol. The van der Waals surface area contributed by atoms with Crippen molar-refractivity contribution >= 4 is 59.4 Å². The Bertz CT molecular complexity index is 641. The molecule has 1 atom stereocenters. The second-order valence-corrected chi connectivity index (χ2v) is 7.42. The molecule has 0 aliphatic rings. The van der Waals surface area contributed by atoms with E-state index in [9.17, 15) is 0 Å². The van der Waals surface area contributed by atoms with Gasteiger partial charge in [-0.2, -0.15) is 0 Å². The Hall–Kier alpha value is -0.230. The summed E-state index contributed by atoms with van der Waals surface area (Å²) in [6, 6.07) is 9.69. The number of benzene rings is 2. The quantitative estimate of drug-likeness (QED) is 0.459. The fraction of sp³-hybridized carbons (Fsp3) is 0.200. The van der Waals surface area contributed by atoms with Gasteiger partial charge < -0.3 is 9.47 Å². The average molecular weight is 499 g/mol. The number of halogens is 4. The Kier molecular flexibility index (Phi) is 6.00. The van der Waals surface area contributed by atoms with Gasteiger partial charge in [0.1, 0.15) is 0 Å². The van der Waals surface area contributed by atoms with Crippen LogP contribution in [0, 0.1) is 0 Å². The Morgan fingerprint density at radius 1 is 0.857 bits per heavy atom. The molecule has 0 amide bonds. The molecule has 2 nitrogen and oxygen atoms in total. The maximum absolute atomic E-state index is 6.64. The Morgan fingerprint density at radius 2 is 1.38 bits per heavy atom. The number of hydrogen-bond acceptors (Lipinski definition) is 2. The minimum Gasteiger partial charge on any atom is -0.493 e. The number of methoxy groups -OCH3 is 2. The number of rotatable bonds is 4. The van der Waals surface area contributed by atoms with E-state index in [0.29, 0.717) is 11.5 Å². The van der Waals surface area contributed by atoms with Crippen molar-refractivity contribution in [2.45, 2.75) is 5.38 Å². The maximum Gasteiger partial charge on any atom is 0.161 e. The summed E-state index contributed by atoms with van der Waals surface area (Å²) in [5.41, 5.74) is 1.89. The van der Waals surface area contributed by atoms with Crippen molar-refractivity contribution in [1.29, 1.82) is 0 Å². The highest BCUT2D eigenvalue weighted by molar-refractivity contribution is 9.11. The normalized spacial score (nSPS) is 12.1. The fourth-order valence-corrected chi connectivity index (χ4v) is 4.28. The second-order valence-electron chi connectivity index (χ2n) is 4.29. The Balaban J connectivity index is 2.49. The Morgan fingerprint density at radius 3 is 1.90 bits per heavy atom. The van der Waals surface area contributed by atoms with E-state index in [1.165, 1.54) is 0 Å². The predicted molar refractivity (Wildman–Crippen MR) is 96.8 cm³/mol. The molecule has 21 heavy (non-hydrogen) atoms. The molecule has 0 saturated carbocycles. The molecule has 0 aromatic heterocycles. The minimum atomic E-state index is -0.312. The van der Waals surface area contributed by atoms with Crippen LogP contribution in [0.25, 0.3) is 0 Å². The number of alkyl halides is 1. The highest BCUT2D eigenvalue weighted by Gasteiger charge is 2.18. The van der Waals surface area contributed by atoms with Crippen LogP contribution in [0.1, 0.15) is 16.5 Å². The second kappa shape index (κ2) is 7.36. The molecule has 0 heterocycles. The molecule has 1 unspecified atom stereocenters. The van der Waals surface area contributed by atoms with Gasteiger partial charge in [0, 0.05) is 13.4 Å². The summed E-state index contributed by atoms with van der Waals surface area (Å²) in [4.78, 5) is 0. The lowest BCUT2D eigenvalue weighted by atomic mass is 10.0. The van der Waals surface area contributed by atoms with Gasteiger partial charge in [0.15, 0.2) is 11.5 Å². The minimum absolute atomic E-state index is 0.312. The van der Waals surface area contributed by atoms with Crippen LogP contribution in [-0.2, 0) is 0 Å². The molecule has 0 aliphatic heterocycles. The zero-order valence-corrected chi connectivity index (χ0v) is 16.8. The van der Waals surface area contributed by atoms with Crippen molar-refractivity contribution < 1.29 is 9.47 Å². The van der Waals surface area contributed by atoms with E-state index in [1.54, 1.807) is 14.2 Å². The molecule has 2 aromatic rings. The van der Waals surface area contributed by atoms with Gasteiger partial charge in [0.25, 0.3) is 0 Å². The molecule has 0 radical (unpaired) electrons. The predicted octanol–water partition coefficient (Wildman–Crippen LogP) is 6.32. The summed E-state index contributed by atoms with van der Waals surface area (Å²) < 4.78 is 13.4. The first-order valence-corrected chi connectivity index (χ1v) is 8.79. The van der Waals surface area contributed by atoms with Gasteiger partial charge in [-0.15, -0.1) is 11.6 Å². The largest absolute Gasteiger partial charge is 0.493 e. The summed E-state index contributed by atoms with van der Waals surface area (Å²) >= 11 is 17.1. The first kappa shape index (κ1) is 17.1. The van der Waals surface area contributed by atoms with E-state index in [4.69, 9.17) is 21.1 Å². The van der Waals surface area contributed by atoms with Gasteiger partial charge in [0.2, 0.25) is 0 Å². The molecule has 0 fully saturated rings. The molecular formula is C15H12Br3ClO2. The van der Waals surface area contributed by atoms with E-state index in [0.717, 1.165) is 24.5 Å². The molecule has 0 saturated heterocycles. The molecule has 0 spiro atoms. The zero-order chi connectivity index (χ0) is 15.6. The lowest BCUT2D eigenvalue weighted by Gasteiger charge is -2.16. The number of hydrogen-bond donors (Lipinski definition) is 0. The molecule has 0 aliphatic carbocycles. The molecule has 112 valence electrons. The molecule has 0 bridgehead atoms. The van der Waals surface area contributed by atoms with Crippen LogP contribution < -0.4 is 9.47 Å². The molecule has 2 aromatic carbocycles. The summed E-state index contributed by atoms with van der Waals surface area (Å²) in [7, 11) is 3.21. The highest BCUT2D eigenvalue weighted by Crippen LogP contribution is 2.41. The third-order valence-corrected chi connectivity index (χ3v) is 5.04. The zero-order valence-electron chi connectivity index (χ0n) is 11.3. The van der Waals surface area contributed by atoms with Crippen LogP contribution in [0.3, 0.4) is 0 Å². The summed E-state index contributed by atoms with van der Waals surface area (Å²) in [6.07, 6.45) is 0. The highest BCUT2D eigenvalue weighted by atomic mass is 79.9. The van der Waals surface area contributed by atoms with Crippen LogP contribution in [0.2, 0.25) is 0 Å². The lowest BCUT2D eigenvalue weighted by Crippen LogP contribution is -1.98. The summed E-state index contributed by atoms with van der Waals surface area (Å²) in [6.45, 7) is 0. The van der Waals surface area contributed by atoms with Crippen LogP contribution in [0.5, 0.6) is 11.5 Å². The average Bonchev–Trinajstić information content (AvgIpc) is 2.45. The van der Waals surface area contributed by atoms with E-state index < -0.39 is 0 Å². The van der Waals surface area contributed by atoms with Crippen LogP contribution in [0.4, 0.5) is 0 Å². The SMILES string of the molecule is COc1cc(Br)c(C(Cl)c2cc(Br)cc(Br)c2)cc1OC. The van der Waals surface area contributed by atoms with Crippen molar-refractivity contribution in [3.05, 3.63) is 54.9 Å². The van der Waals surface area contributed by atoms with E-state index in [1.807, 2.05) is 30.3 Å². The van der Waals surface area contributed by atoms with Crippen LogP contribution >= 0.6 is 59.4 Å². The molecule has 0 N–H and O–H groups in total. The van der Waals surface area contributed by atoms with Crippen molar-refractivity contribution in [2.75, 3.05) is 14.2 Å². The van der Waals surface area contributed by atoms with Crippen molar-refractivity contribution in [1.82, 2.24) is 0 Å². The van der Waals surface area contributed by atoms with Gasteiger partial charge in [-0.3, -0.25) is 0 Å². The third kappa shape index (κ3) is 3.95. The van der Waals surface area contributed by atoms with Crippen molar-refractivity contribution in [3.63, 3.8) is 0 Å². The van der Waals surface area contributed by atoms with E-state index in [2.05, 4.69) is 47.8 Å². The summed E-state index contributed by atoms with van der Waals surface area (Å²) in [5.74, 6) is 1.31. The monoisotopic (exact) mass is 496 g/mol. The smallest absolute Gasteiger partial charge is 0.161 e. The first-order valence-electron chi connectivity index (χ1n) is 5.97. The maximum atomic E-state index is 6.64. The standard InChI is InChI=1S/C15H12Br3ClO2/c1-20-13-6-11(12(18)7-14(13)21-2)15(19)8-3-9(16)5-10(17)4-8/h3-7,15H,1-2H3. The van der Waals surface area contributed by atoms with Crippen LogP contribution in [-0.4, -0.2) is 14.2 Å². The number of ether oxygens (including phenoxy) is 2. The lowest BCUT2D eigenvalue weighted by molar-refractivity contribution is 0.354. The van der Waals surface area contributed by atoms with Crippen molar-refractivity contribution in [3.8, 4) is 11.5 Å². The van der Waals surface area contributed by atoms with Gasteiger partial charge in [-0.25, -0.2) is 0 Å². The van der Waals surface area contributed by atoms with Gasteiger partial charge >= 0.3 is 0 Å². The first-order chi connectivity index (χ1) is 9.96. The van der Waals surface area contributed by atoms with Gasteiger partial charge in [0.05, 0.1) is 19.6 Å². The van der Waals surface area contributed by atoms with E-state index >= 15 is 0 Å². The summed E-state index contributed by atoms with van der Waals surface area (Å²) in [5, 5.41) is -0.312.